The van der Waals surface area contributed by atoms with E-state index in [0.29, 0.717) is 106 Å². The predicted molar refractivity (Wildman–Crippen MR) is 229 cm³/mol. The van der Waals surface area contributed by atoms with Crippen molar-refractivity contribution in [3.05, 3.63) is 87.4 Å². The minimum absolute atomic E-state index is 0.0502. The van der Waals surface area contributed by atoms with Crippen molar-refractivity contribution in [3.63, 3.8) is 0 Å². The fraction of sp³-hybridized carbons (Fsp3) is 0.409. The molecule has 18 heteroatoms. The van der Waals surface area contributed by atoms with Crippen LogP contribution in [0.3, 0.4) is 0 Å². The number of ketones is 1. The van der Waals surface area contributed by atoms with Crippen molar-refractivity contribution >= 4 is 64.4 Å². The molecule has 2 atom stereocenters. The molecule has 0 aromatic heterocycles. The highest BCUT2D eigenvalue weighted by Gasteiger charge is 2.45. The van der Waals surface area contributed by atoms with Crippen LogP contribution in [-0.2, 0) is 35.1 Å². The monoisotopic (exact) mass is 874 g/mol. The van der Waals surface area contributed by atoms with Crippen molar-refractivity contribution < 1.29 is 52.8 Å². The van der Waals surface area contributed by atoms with Crippen LogP contribution in [0.2, 0.25) is 5.02 Å². The van der Waals surface area contributed by atoms with E-state index in [2.05, 4.69) is 16.0 Å². The summed E-state index contributed by atoms with van der Waals surface area (Å²) in [4.78, 5) is 78.2. The average Bonchev–Trinajstić information content (AvgIpc) is 3.82. The molecule has 3 heterocycles. The number of carbonyl (C=O) groups excluding carboxylic acids is 6. The Morgan fingerprint density at radius 3 is 2.35 bits per heavy atom. The smallest absolute Gasteiger partial charge is 0.264 e. The van der Waals surface area contributed by atoms with Crippen LogP contribution in [0.5, 0.6) is 11.5 Å². The molecule has 6 N–H and O–H groups in total. The number of nitrogens with one attached hydrogen (secondary N) is 3. The van der Waals surface area contributed by atoms with Gasteiger partial charge in [0.25, 0.3) is 11.8 Å². The van der Waals surface area contributed by atoms with Crippen LogP contribution in [0.15, 0.2) is 54.6 Å². The fourth-order valence-electron chi connectivity index (χ4n) is 7.54. The third kappa shape index (κ3) is 11.3. The summed E-state index contributed by atoms with van der Waals surface area (Å²) < 4.78 is 22.6. The summed E-state index contributed by atoms with van der Waals surface area (Å²) in [5, 5.41) is 19.7. The highest BCUT2D eigenvalue weighted by Crippen LogP contribution is 2.34. The number of piperidine rings is 1. The number of rotatable bonds is 23. The standard InChI is InChI=1S/C44H51ClN6O11/c1-2-62-38-25-37(53)31(23-28(38)26-50-16-4-7-34(50)41(46)55)36(52)12-9-27-8-10-29(24-32(27)45)47-14-17-59-19-21-61-22-20-60-18-15-48-33-6-3-5-30-40(33)44(58)51(43(30)57)35-11-13-39(54)49-42(35)56/h3,5-6,8-10,12,23-25,34-35,47-48,53H,2,4,7,11,13-22,26H2,1H3,(H2,46,55)(H,49,54,56)/b12-9+/t34-,35?/m0/s1. The van der Waals surface area contributed by atoms with Crippen molar-refractivity contribution in [1.29, 1.82) is 0 Å². The number of imide groups is 2. The molecule has 5 amide bonds. The topological polar surface area (TPSA) is 228 Å². The molecule has 3 aliphatic rings. The molecule has 6 rings (SSSR count). The highest BCUT2D eigenvalue weighted by atomic mass is 35.5. The fourth-order valence-corrected chi connectivity index (χ4v) is 7.78. The molecule has 3 aromatic carbocycles. The van der Waals surface area contributed by atoms with Crippen LogP contribution >= 0.6 is 11.6 Å². The first-order valence-electron chi connectivity index (χ1n) is 20.6. The molecule has 2 fully saturated rings. The molecule has 0 saturated carbocycles. The van der Waals surface area contributed by atoms with Crippen molar-refractivity contribution in [2.75, 3.05) is 76.5 Å². The molecule has 2 saturated heterocycles. The number of phenols is 1. The number of allylic oxidation sites excluding steroid dienone is 1. The average molecular weight is 875 g/mol. The van der Waals surface area contributed by atoms with Crippen LogP contribution in [0.1, 0.15) is 74.8 Å². The molecule has 3 aliphatic heterocycles. The lowest BCUT2D eigenvalue weighted by Gasteiger charge is -2.27. The summed E-state index contributed by atoms with van der Waals surface area (Å²) in [5.41, 5.74) is 8.60. The number of fused-ring (bicyclic) bond motifs is 1. The predicted octanol–water partition coefficient (Wildman–Crippen LogP) is 3.77. The quantitative estimate of drug-likeness (QED) is 0.0396. The zero-order chi connectivity index (χ0) is 44.2. The molecular formula is C44H51ClN6O11. The number of amides is 5. The van der Waals surface area contributed by atoms with Crippen LogP contribution in [-0.4, -0.2) is 128 Å². The largest absolute Gasteiger partial charge is 0.507 e. The van der Waals surface area contributed by atoms with Gasteiger partial charge >= 0.3 is 0 Å². The molecule has 3 aromatic rings. The van der Waals surface area contributed by atoms with E-state index >= 15 is 0 Å². The number of anilines is 2. The summed E-state index contributed by atoms with van der Waals surface area (Å²) in [6.45, 7) is 6.23. The summed E-state index contributed by atoms with van der Waals surface area (Å²) in [6, 6.07) is 11.8. The Labute approximate surface area is 363 Å². The van der Waals surface area contributed by atoms with E-state index in [1.807, 2.05) is 17.9 Å². The molecule has 1 unspecified atom stereocenters. The third-order valence-corrected chi connectivity index (χ3v) is 10.9. The van der Waals surface area contributed by atoms with Gasteiger partial charge in [0.2, 0.25) is 17.7 Å². The van der Waals surface area contributed by atoms with Crippen LogP contribution in [0.4, 0.5) is 11.4 Å². The summed E-state index contributed by atoms with van der Waals surface area (Å²) in [5.74, 6) is -2.82. The molecule has 62 heavy (non-hydrogen) atoms. The lowest BCUT2D eigenvalue weighted by Crippen LogP contribution is -2.54. The van der Waals surface area contributed by atoms with E-state index in [4.69, 9.17) is 36.3 Å². The van der Waals surface area contributed by atoms with Crippen LogP contribution in [0, 0.1) is 0 Å². The normalized spacial score (nSPS) is 17.7. The van der Waals surface area contributed by atoms with Crippen LogP contribution < -0.4 is 26.4 Å². The maximum atomic E-state index is 13.2. The van der Waals surface area contributed by atoms with E-state index < -0.39 is 47.4 Å². The number of hydrogen-bond donors (Lipinski definition) is 5. The SMILES string of the molecule is CCOc1cc(O)c(C(=O)/C=C/c2ccc(NCCOCCOCCOCCNc3cccc4c3C(=O)N(C3CCC(=O)NC3=O)C4=O)cc2Cl)cc1CN1CCC[C@H]1C(N)=O. The number of hydrogen-bond acceptors (Lipinski definition) is 14. The molecule has 0 radical (unpaired) electrons. The Kier molecular flexibility index (Phi) is 16.1. The van der Waals surface area contributed by atoms with Gasteiger partial charge in [-0.2, -0.15) is 0 Å². The van der Waals surface area contributed by atoms with Gasteiger partial charge in [0.15, 0.2) is 5.78 Å². The number of halogens is 1. The number of carbonyl (C=O) groups is 6. The van der Waals surface area contributed by atoms with Gasteiger partial charge < -0.3 is 40.4 Å². The van der Waals surface area contributed by atoms with E-state index in [1.54, 1.807) is 42.5 Å². The number of primary amides is 1. The van der Waals surface area contributed by atoms with Gasteiger partial charge in [-0.05, 0) is 80.8 Å². The minimum Gasteiger partial charge on any atom is -0.507 e. The second-order valence-corrected chi connectivity index (χ2v) is 15.1. The molecular weight excluding hydrogens is 824 g/mol. The number of ether oxygens (including phenoxy) is 4. The first kappa shape index (κ1) is 45.7. The zero-order valence-electron chi connectivity index (χ0n) is 34.4. The van der Waals surface area contributed by atoms with E-state index in [9.17, 15) is 33.9 Å². The maximum Gasteiger partial charge on any atom is 0.264 e. The highest BCUT2D eigenvalue weighted by molar-refractivity contribution is 6.32. The Morgan fingerprint density at radius 1 is 0.935 bits per heavy atom. The van der Waals surface area contributed by atoms with Gasteiger partial charge in [0.05, 0.1) is 69.0 Å². The molecule has 17 nitrogen and oxygen atoms in total. The summed E-state index contributed by atoms with van der Waals surface area (Å²) in [7, 11) is 0. The minimum atomic E-state index is -1.03. The third-order valence-electron chi connectivity index (χ3n) is 10.6. The molecule has 0 aliphatic carbocycles. The Morgan fingerprint density at radius 2 is 1.66 bits per heavy atom. The lowest BCUT2D eigenvalue weighted by atomic mass is 10.0. The number of benzene rings is 3. The van der Waals surface area contributed by atoms with E-state index in [1.165, 1.54) is 12.1 Å². The number of likely N-dealkylation sites (tertiary alicyclic amines) is 1. The lowest BCUT2D eigenvalue weighted by molar-refractivity contribution is -0.136. The van der Waals surface area contributed by atoms with Gasteiger partial charge in [-0.1, -0.05) is 23.7 Å². The number of nitrogens with zero attached hydrogens (tertiary/aromatic N) is 2. The van der Waals surface area contributed by atoms with Crippen molar-refractivity contribution in [3.8, 4) is 11.5 Å². The second kappa shape index (κ2) is 21.8. The summed E-state index contributed by atoms with van der Waals surface area (Å²) >= 11 is 6.53. The Balaban J connectivity index is 0.847. The zero-order valence-corrected chi connectivity index (χ0v) is 35.2. The Hall–Kier alpha value is -5.85. The van der Waals surface area contributed by atoms with Gasteiger partial charge in [-0.3, -0.25) is 43.9 Å². The van der Waals surface area contributed by atoms with Gasteiger partial charge in [0, 0.05) is 54.1 Å². The Bertz CT molecular complexity index is 2200. The molecule has 0 bridgehead atoms. The maximum absolute atomic E-state index is 13.2. The van der Waals surface area contributed by atoms with Gasteiger partial charge in [0.1, 0.15) is 17.5 Å². The van der Waals surface area contributed by atoms with Crippen molar-refractivity contribution in [2.45, 2.75) is 51.2 Å². The van der Waals surface area contributed by atoms with Crippen molar-refractivity contribution in [2.24, 2.45) is 5.73 Å². The van der Waals surface area contributed by atoms with Crippen LogP contribution in [0.25, 0.3) is 6.08 Å². The number of nitrogens with two attached hydrogens (primary N) is 1. The van der Waals surface area contributed by atoms with Gasteiger partial charge in [-0.15, -0.1) is 0 Å². The summed E-state index contributed by atoms with van der Waals surface area (Å²) in [6.07, 6.45) is 4.58. The first-order valence-corrected chi connectivity index (χ1v) is 20.9. The number of aromatic hydroxyl groups is 1. The second-order valence-electron chi connectivity index (χ2n) is 14.7. The van der Waals surface area contributed by atoms with E-state index in [0.717, 1.165) is 17.0 Å². The van der Waals surface area contributed by atoms with Crippen molar-refractivity contribution in [1.82, 2.24) is 15.1 Å². The van der Waals surface area contributed by atoms with E-state index in [-0.39, 0.29) is 35.3 Å². The first-order chi connectivity index (χ1) is 30.0. The molecule has 0 spiro atoms. The number of phenolic OH excluding ortho intramolecular Hbond substituents is 1. The van der Waals surface area contributed by atoms with Gasteiger partial charge in [-0.25, -0.2) is 0 Å². The molecule has 330 valence electrons.